The second kappa shape index (κ2) is 4.23. The number of hydrogen-bond acceptors (Lipinski definition) is 2. The lowest BCUT2D eigenvalue weighted by molar-refractivity contribution is 0.415. The van der Waals surface area contributed by atoms with Gasteiger partial charge in [-0.15, -0.1) is 0 Å². The molecule has 0 radical (unpaired) electrons. The molecule has 0 saturated heterocycles. The highest BCUT2D eigenvalue weighted by molar-refractivity contribution is 5.65. The van der Waals surface area contributed by atoms with E-state index in [4.69, 9.17) is 9.84 Å². The summed E-state index contributed by atoms with van der Waals surface area (Å²) in [6, 6.07) is 11.6. The number of benzene rings is 2. The minimum absolute atomic E-state index is 0.341. The summed E-state index contributed by atoms with van der Waals surface area (Å²) in [6.07, 6.45) is 0. The Morgan fingerprint density at radius 2 is 1.81 bits per heavy atom. The zero-order chi connectivity index (χ0) is 11.5. The predicted molar refractivity (Wildman–Crippen MR) is 60.1 cm³/mol. The van der Waals surface area contributed by atoms with E-state index in [1.165, 1.54) is 12.1 Å². The van der Waals surface area contributed by atoms with Crippen molar-refractivity contribution >= 4 is 0 Å². The minimum atomic E-state index is -0.625. The van der Waals surface area contributed by atoms with Crippen LogP contribution in [0.15, 0.2) is 42.5 Å². The molecule has 0 atom stereocenters. The van der Waals surface area contributed by atoms with Crippen LogP contribution in [-0.2, 0) is 0 Å². The van der Waals surface area contributed by atoms with Crippen molar-refractivity contribution in [3.63, 3.8) is 0 Å². The molecule has 2 aromatic carbocycles. The quantitative estimate of drug-likeness (QED) is 0.838. The van der Waals surface area contributed by atoms with Crippen LogP contribution in [-0.4, -0.2) is 12.2 Å². The highest BCUT2D eigenvalue weighted by Gasteiger charge is 2.04. The second-order valence-electron chi connectivity index (χ2n) is 3.40. The summed E-state index contributed by atoms with van der Waals surface area (Å²) >= 11 is 0. The van der Waals surface area contributed by atoms with Gasteiger partial charge in [-0.05, 0) is 35.4 Å². The molecule has 1 N–H and O–H groups in total. The average Bonchev–Trinajstić information content (AvgIpc) is 2.33. The molecular formula is C13H11FO2. The average molecular weight is 218 g/mol. The summed E-state index contributed by atoms with van der Waals surface area (Å²) in [5.41, 5.74) is 1.55. The molecule has 0 amide bonds. The number of halogens is 1. The summed E-state index contributed by atoms with van der Waals surface area (Å²) in [5.74, 6) is -0.252. The van der Waals surface area contributed by atoms with Crippen LogP contribution in [0.5, 0.6) is 11.5 Å². The first-order valence-corrected chi connectivity index (χ1v) is 4.83. The molecule has 0 aliphatic heterocycles. The molecule has 0 spiro atoms. The van der Waals surface area contributed by atoms with E-state index in [9.17, 15) is 4.39 Å². The van der Waals surface area contributed by atoms with Crippen LogP contribution in [0.3, 0.4) is 0 Å². The van der Waals surface area contributed by atoms with Gasteiger partial charge in [0.1, 0.15) is 5.75 Å². The van der Waals surface area contributed by atoms with Gasteiger partial charge in [-0.1, -0.05) is 18.2 Å². The Morgan fingerprint density at radius 3 is 2.50 bits per heavy atom. The molecule has 0 aliphatic carbocycles. The fourth-order valence-corrected chi connectivity index (χ4v) is 1.49. The third-order valence-electron chi connectivity index (χ3n) is 2.35. The van der Waals surface area contributed by atoms with Gasteiger partial charge >= 0.3 is 0 Å². The van der Waals surface area contributed by atoms with Gasteiger partial charge in [0.15, 0.2) is 11.6 Å². The Bertz CT molecular complexity index is 509. The van der Waals surface area contributed by atoms with E-state index in [0.717, 1.165) is 5.56 Å². The van der Waals surface area contributed by atoms with Gasteiger partial charge < -0.3 is 9.84 Å². The highest BCUT2D eigenvalue weighted by Crippen LogP contribution is 2.27. The molecule has 0 fully saturated rings. The number of aromatic hydroxyl groups is 1. The molecular weight excluding hydrogens is 207 g/mol. The van der Waals surface area contributed by atoms with E-state index < -0.39 is 5.82 Å². The third kappa shape index (κ3) is 1.98. The van der Waals surface area contributed by atoms with Gasteiger partial charge in [0.25, 0.3) is 0 Å². The fourth-order valence-electron chi connectivity index (χ4n) is 1.49. The molecule has 16 heavy (non-hydrogen) atoms. The van der Waals surface area contributed by atoms with Crippen LogP contribution in [0.2, 0.25) is 0 Å². The van der Waals surface area contributed by atoms with E-state index in [2.05, 4.69) is 0 Å². The first kappa shape index (κ1) is 10.5. The van der Waals surface area contributed by atoms with Gasteiger partial charge in [-0.2, -0.15) is 0 Å². The number of phenolic OH excluding ortho intramolecular Hbond substituents is 1. The van der Waals surface area contributed by atoms with E-state index in [0.29, 0.717) is 11.3 Å². The number of phenols is 1. The Kier molecular flexibility index (Phi) is 2.77. The van der Waals surface area contributed by atoms with Crippen molar-refractivity contribution in [3.05, 3.63) is 48.3 Å². The van der Waals surface area contributed by atoms with E-state index in [1.54, 1.807) is 13.2 Å². The molecule has 0 bridgehead atoms. The molecule has 0 aliphatic rings. The normalized spacial score (nSPS) is 10.1. The third-order valence-corrected chi connectivity index (χ3v) is 2.35. The summed E-state index contributed by atoms with van der Waals surface area (Å²) < 4.78 is 18.3. The van der Waals surface area contributed by atoms with Crippen LogP contribution in [0.4, 0.5) is 4.39 Å². The van der Waals surface area contributed by atoms with Crippen molar-refractivity contribution in [2.45, 2.75) is 0 Å². The Morgan fingerprint density at radius 1 is 1.06 bits per heavy atom. The van der Waals surface area contributed by atoms with Crippen molar-refractivity contribution < 1.29 is 14.2 Å². The van der Waals surface area contributed by atoms with Gasteiger partial charge in [-0.25, -0.2) is 4.39 Å². The second-order valence-corrected chi connectivity index (χ2v) is 3.40. The van der Waals surface area contributed by atoms with Crippen LogP contribution in [0.25, 0.3) is 11.1 Å². The summed E-state index contributed by atoms with van der Waals surface area (Å²) in [6.45, 7) is 0. The fraction of sp³-hybridized carbons (Fsp3) is 0.0769. The largest absolute Gasteiger partial charge is 0.505 e. The first-order chi connectivity index (χ1) is 7.70. The number of rotatable bonds is 2. The first-order valence-electron chi connectivity index (χ1n) is 4.83. The summed E-state index contributed by atoms with van der Waals surface area (Å²) in [5, 5.41) is 9.09. The van der Waals surface area contributed by atoms with E-state index in [1.807, 2.05) is 24.3 Å². The molecule has 0 aromatic heterocycles. The van der Waals surface area contributed by atoms with Gasteiger partial charge in [0.2, 0.25) is 0 Å². The molecule has 0 unspecified atom stereocenters. The van der Waals surface area contributed by atoms with E-state index >= 15 is 0 Å². The van der Waals surface area contributed by atoms with Gasteiger partial charge in [-0.3, -0.25) is 0 Å². The van der Waals surface area contributed by atoms with Crippen LogP contribution in [0.1, 0.15) is 0 Å². The van der Waals surface area contributed by atoms with Crippen molar-refractivity contribution in [1.82, 2.24) is 0 Å². The Hall–Kier alpha value is -2.03. The summed E-state index contributed by atoms with van der Waals surface area (Å²) in [4.78, 5) is 0. The van der Waals surface area contributed by atoms with Gasteiger partial charge in [0.05, 0.1) is 7.11 Å². The van der Waals surface area contributed by atoms with Crippen LogP contribution < -0.4 is 4.74 Å². The molecule has 0 heterocycles. The predicted octanol–water partition coefficient (Wildman–Crippen LogP) is 3.21. The smallest absolute Gasteiger partial charge is 0.165 e. The molecule has 2 aromatic rings. The SMILES string of the molecule is COc1cccc(-c2ccc(O)c(F)c2)c1. The minimum Gasteiger partial charge on any atom is -0.505 e. The summed E-state index contributed by atoms with van der Waals surface area (Å²) in [7, 11) is 1.58. The molecule has 82 valence electrons. The topological polar surface area (TPSA) is 29.5 Å². The maximum Gasteiger partial charge on any atom is 0.165 e. The highest BCUT2D eigenvalue weighted by atomic mass is 19.1. The number of hydrogen-bond donors (Lipinski definition) is 1. The molecule has 0 saturated carbocycles. The zero-order valence-corrected chi connectivity index (χ0v) is 8.77. The number of methoxy groups -OCH3 is 1. The Labute approximate surface area is 92.9 Å². The number of ether oxygens (including phenoxy) is 1. The van der Waals surface area contributed by atoms with Gasteiger partial charge in [0, 0.05) is 0 Å². The zero-order valence-electron chi connectivity index (χ0n) is 8.77. The van der Waals surface area contributed by atoms with Crippen molar-refractivity contribution in [1.29, 1.82) is 0 Å². The maximum absolute atomic E-state index is 13.2. The Balaban J connectivity index is 2.46. The lowest BCUT2D eigenvalue weighted by atomic mass is 10.1. The van der Waals surface area contributed by atoms with Crippen LogP contribution in [0, 0.1) is 5.82 Å². The molecule has 3 heteroatoms. The van der Waals surface area contributed by atoms with Crippen LogP contribution >= 0.6 is 0 Å². The molecule has 2 nitrogen and oxygen atoms in total. The standard InChI is InChI=1S/C13H11FO2/c1-16-11-4-2-3-9(7-11)10-5-6-13(15)12(14)8-10/h2-8,15H,1H3. The van der Waals surface area contributed by atoms with Crippen molar-refractivity contribution in [2.75, 3.05) is 7.11 Å². The lowest BCUT2D eigenvalue weighted by Gasteiger charge is -2.05. The lowest BCUT2D eigenvalue weighted by Crippen LogP contribution is -1.84. The maximum atomic E-state index is 13.2. The van der Waals surface area contributed by atoms with Crippen molar-refractivity contribution in [2.24, 2.45) is 0 Å². The van der Waals surface area contributed by atoms with E-state index in [-0.39, 0.29) is 5.75 Å². The molecule has 2 rings (SSSR count). The van der Waals surface area contributed by atoms with Crippen molar-refractivity contribution in [3.8, 4) is 22.6 Å². The monoisotopic (exact) mass is 218 g/mol.